The summed E-state index contributed by atoms with van der Waals surface area (Å²) in [6.07, 6.45) is 0. The van der Waals surface area contributed by atoms with E-state index < -0.39 is 0 Å². The highest BCUT2D eigenvalue weighted by molar-refractivity contribution is 8.00. The van der Waals surface area contributed by atoms with Gasteiger partial charge in [-0.3, -0.25) is 4.79 Å². The maximum atomic E-state index is 12.2. The van der Waals surface area contributed by atoms with Crippen molar-refractivity contribution in [3.8, 4) is 0 Å². The molecule has 0 spiro atoms. The number of hydrogen-bond acceptors (Lipinski definition) is 6. The molecule has 0 aliphatic heterocycles. The van der Waals surface area contributed by atoms with Crippen LogP contribution < -0.4 is 5.32 Å². The average molecular weight is 286 g/mol. The van der Waals surface area contributed by atoms with Gasteiger partial charge in [0.2, 0.25) is 11.1 Å². The summed E-state index contributed by atoms with van der Waals surface area (Å²) in [5.41, 5.74) is 0. The second-order valence-corrected chi connectivity index (χ2v) is 5.37. The van der Waals surface area contributed by atoms with Crippen molar-refractivity contribution in [2.45, 2.75) is 37.7 Å². The van der Waals surface area contributed by atoms with Gasteiger partial charge in [0.25, 0.3) is 0 Å². The molecule has 1 heterocycles. The van der Waals surface area contributed by atoms with Crippen molar-refractivity contribution >= 4 is 17.7 Å². The topological polar surface area (TPSA) is 75.9 Å². The molecule has 0 saturated heterocycles. The molecule has 1 N–H and O–H groups in total. The van der Waals surface area contributed by atoms with E-state index in [0.717, 1.165) is 19.6 Å². The lowest BCUT2D eigenvalue weighted by Crippen LogP contribution is -2.36. The quantitative estimate of drug-likeness (QED) is 0.690. The number of nitrogens with zero attached hydrogens (tertiary/aromatic N) is 5. The molecular weight excluding hydrogens is 264 g/mol. The van der Waals surface area contributed by atoms with E-state index in [1.807, 2.05) is 32.7 Å². The van der Waals surface area contributed by atoms with Crippen molar-refractivity contribution in [1.82, 2.24) is 30.4 Å². The first kappa shape index (κ1) is 15.9. The number of amides is 1. The Labute approximate surface area is 118 Å². The van der Waals surface area contributed by atoms with Gasteiger partial charge in [0.05, 0.1) is 11.8 Å². The maximum Gasteiger partial charge on any atom is 0.235 e. The van der Waals surface area contributed by atoms with Gasteiger partial charge in [-0.15, -0.1) is 5.10 Å². The highest BCUT2D eigenvalue weighted by atomic mass is 32.2. The van der Waals surface area contributed by atoms with Crippen LogP contribution in [0.3, 0.4) is 0 Å². The van der Waals surface area contributed by atoms with Gasteiger partial charge >= 0.3 is 0 Å². The molecule has 1 aromatic rings. The first-order chi connectivity index (χ1) is 9.13. The Hall–Kier alpha value is -1.15. The molecule has 0 saturated carbocycles. The Morgan fingerprint density at radius 1 is 1.47 bits per heavy atom. The molecule has 0 aromatic carbocycles. The number of carbonyl (C=O) groups excluding carboxylic acids is 1. The number of hydrogen-bond donors (Lipinski definition) is 1. The van der Waals surface area contributed by atoms with Crippen LogP contribution in [0.25, 0.3) is 0 Å². The number of thioether (sulfide) groups is 1. The molecule has 1 rings (SSSR count). The van der Waals surface area contributed by atoms with Crippen LogP contribution in [0.1, 0.15) is 20.8 Å². The van der Waals surface area contributed by atoms with E-state index in [4.69, 9.17) is 0 Å². The van der Waals surface area contributed by atoms with Gasteiger partial charge < -0.3 is 10.2 Å². The lowest BCUT2D eigenvalue weighted by molar-refractivity contribution is -0.129. The summed E-state index contributed by atoms with van der Waals surface area (Å²) in [5, 5.41) is 15.1. The fraction of sp³-hybridized carbons (Fsp3) is 0.818. The van der Waals surface area contributed by atoms with Crippen LogP contribution in [0, 0.1) is 0 Å². The van der Waals surface area contributed by atoms with E-state index in [2.05, 4.69) is 20.8 Å². The molecule has 108 valence electrons. The third kappa shape index (κ3) is 4.46. The van der Waals surface area contributed by atoms with E-state index in [-0.39, 0.29) is 11.2 Å². The van der Waals surface area contributed by atoms with Gasteiger partial charge in [-0.05, 0) is 38.2 Å². The van der Waals surface area contributed by atoms with Crippen molar-refractivity contribution < 1.29 is 4.79 Å². The predicted molar refractivity (Wildman–Crippen MR) is 75.0 cm³/mol. The first-order valence-electron chi connectivity index (χ1n) is 6.50. The predicted octanol–water partition coefficient (Wildman–Crippen LogP) is 0.242. The molecule has 1 aromatic heterocycles. The van der Waals surface area contributed by atoms with Gasteiger partial charge in [0.1, 0.15) is 0 Å². The number of nitrogens with one attached hydrogen (secondary N) is 1. The third-order valence-electron chi connectivity index (χ3n) is 2.78. The van der Waals surface area contributed by atoms with Gasteiger partial charge in [-0.2, -0.15) is 0 Å². The van der Waals surface area contributed by atoms with Crippen molar-refractivity contribution in [3.63, 3.8) is 0 Å². The number of carbonyl (C=O) groups is 1. The monoisotopic (exact) mass is 286 g/mol. The van der Waals surface area contributed by atoms with Crippen LogP contribution in [0.4, 0.5) is 0 Å². The standard InChI is InChI=1S/C11H22N6OS/c1-5-16(6-2)10(18)9(3)19-11-13-14-15-17(11)8-7-12-4/h9,12H,5-8H2,1-4H3. The summed E-state index contributed by atoms with van der Waals surface area (Å²) >= 11 is 1.40. The Kier molecular flexibility index (Phi) is 6.79. The molecule has 0 aliphatic carbocycles. The summed E-state index contributed by atoms with van der Waals surface area (Å²) in [6.45, 7) is 8.79. The zero-order valence-electron chi connectivity index (χ0n) is 12.0. The zero-order valence-corrected chi connectivity index (χ0v) is 12.8. The van der Waals surface area contributed by atoms with Crippen molar-refractivity contribution in [3.05, 3.63) is 0 Å². The molecule has 19 heavy (non-hydrogen) atoms. The average Bonchev–Trinajstić information content (AvgIpc) is 2.84. The van der Waals surface area contributed by atoms with Crippen molar-refractivity contribution in [2.24, 2.45) is 0 Å². The van der Waals surface area contributed by atoms with Crippen molar-refractivity contribution in [2.75, 3.05) is 26.7 Å². The Morgan fingerprint density at radius 3 is 2.74 bits per heavy atom. The second kappa shape index (κ2) is 8.11. The zero-order chi connectivity index (χ0) is 14.3. The van der Waals surface area contributed by atoms with E-state index in [9.17, 15) is 4.79 Å². The van der Waals surface area contributed by atoms with E-state index >= 15 is 0 Å². The lowest BCUT2D eigenvalue weighted by Gasteiger charge is -2.22. The molecule has 1 atom stereocenters. The molecule has 0 radical (unpaired) electrons. The summed E-state index contributed by atoms with van der Waals surface area (Å²) < 4.78 is 1.72. The molecule has 0 fully saturated rings. The summed E-state index contributed by atoms with van der Waals surface area (Å²) in [4.78, 5) is 14.0. The summed E-state index contributed by atoms with van der Waals surface area (Å²) in [7, 11) is 1.88. The minimum Gasteiger partial charge on any atom is -0.342 e. The second-order valence-electron chi connectivity index (χ2n) is 4.06. The molecule has 0 bridgehead atoms. The Morgan fingerprint density at radius 2 is 2.16 bits per heavy atom. The smallest absolute Gasteiger partial charge is 0.235 e. The fourth-order valence-electron chi connectivity index (χ4n) is 1.64. The Bertz CT molecular complexity index is 392. The molecule has 7 nitrogen and oxygen atoms in total. The van der Waals surface area contributed by atoms with Crippen LogP contribution in [-0.4, -0.2) is 62.9 Å². The number of tetrazole rings is 1. The summed E-state index contributed by atoms with van der Waals surface area (Å²) in [5.74, 6) is 0.123. The van der Waals surface area contributed by atoms with Gasteiger partial charge in [-0.1, -0.05) is 11.8 Å². The van der Waals surface area contributed by atoms with E-state index in [1.165, 1.54) is 11.8 Å². The van der Waals surface area contributed by atoms with Crippen LogP contribution in [0.5, 0.6) is 0 Å². The fourth-order valence-corrected chi connectivity index (χ4v) is 2.54. The molecule has 8 heteroatoms. The lowest BCUT2D eigenvalue weighted by atomic mass is 10.4. The number of rotatable bonds is 8. The molecule has 1 amide bonds. The first-order valence-corrected chi connectivity index (χ1v) is 7.38. The van der Waals surface area contributed by atoms with Crippen LogP contribution in [0.15, 0.2) is 5.16 Å². The highest BCUT2D eigenvalue weighted by Crippen LogP contribution is 2.21. The molecule has 0 aliphatic rings. The molecular formula is C11H22N6OS. The minimum atomic E-state index is -0.181. The summed E-state index contributed by atoms with van der Waals surface area (Å²) in [6, 6.07) is 0. The SMILES string of the molecule is CCN(CC)C(=O)C(C)Sc1nnnn1CCNC. The Balaban J connectivity index is 2.63. The number of likely N-dealkylation sites (N-methyl/N-ethyl adjacent to an activating group) is 1. The van der Waals surface area contributed by atoms with Crippen LogP contribution >= 0.6 is 11.8 Å². The minimum absolute atomic E-state index is 0.123. The maximum absolute atomic E-state index is 12.2. The van der Waals surface area contributed by atoms with Gasteiger partial charge in [0, 0.05) is 19.6 Å². The van der Waals surface area contributed by atoms with Gasteiger partial charge in [0.15, 0.2) is 0 Å². The number of aromatic nitrogens is 4. The van der Waals surface area contributed by atoms with Crippen LogP contribution in [-0.2, 0) is 11.3 Å². The van der Waals surface area contributed by atoms with Crippen molar-refractivity contribution in [1.29, 1.82) is 0 Å². The van der Waals surface area contributed by atoms with E-state index in [0.29, 0.717) is 11.7 Å². The van der Waals surface area contributed by atoms with Gasteiger partial charge in [-0.25, -0.2) is 4.68 Å². The third-order valence-corrected chi connectivity index (χ3v) is 3.84. The largest absolute Gasteiger partial charge is 0.342 e. The van der Waals surface area contributed by atoms with Crippen LogP contribution in [0.2, 0.25) is 0 Å². The molecule has 1 unspecified atom stereocenters. The highest BCUT2D eigenvalue weighted by Gasteiger charge is 2.21. The van der Waals surface area contributed by atoms with E-state index in [1.54, 1.807) is 4.68 Å². The normalized spacial score (nSPS) is 12.4.